The highest BCUT2D eigenvalue weighted by Gasteiger charge is 2.29. The number of rotatable bonds is 6. The third-order valence-electron chi connectivity index (χ3n) is 3.47. The van der Waals surface area contributed by atoms with E-state index in [4.69, 9.17) is 0 Å². The maximum atomic E-state index is 12.5. The number of ether oxygens (including phenoxy) is 1. The molecular formula is C17H15F3NO3-. The minimum Gasteiger partial charge on any atom is -0.496 e. The van der Waals surface area contributed by atoms with Crippen LogP contribution in [0.3, 0.4) is 0 Å². The summed E-state index contributed by atoms with van der Waals surface area (Å²) in [5, 5.41) is 10.5. The molecule has 0 aliphatic heterocycles. The van der Waals surface area contributed by atoms with Crippen LogP contribution in [-0.2, 0) is 19.0 Å². The van der Waals surface area contributed by atoms with Gasteiger partial charge in [-0.05, 0) is 55.0 Å². The molecule has 0 aliphatic carbocycles. The zero-order valence-corrected chi connectivity index (χ0v) is 12.7. The summed E-state index contributed by atoms with van der Waals surface area (Å²) < 4.78 is 41.9. The number of aromatic nitrogens is 1. The Morgan fingerprint density at radius 1 is 1.08 bits per heavy atom. The molecule has 1 aromatic carbocycles. The molecule has 0 saturated heterocycles. The van der Waals surface area contributed by atoms with Gasteiger partial charge in [0, 0.05) is 6.20 Å². The van der Waals surface area contributed by atoms with Gasteiger partial charge in [-0.1, -0.05) is 18.2 Å². The fourth-order valence-corrected chi connectivity index (χ4v) is 2.29. The Kier molecular flexibility index (Phi) is 5.78. The van der Waals surface area contributed by atoms with Crippen molar-refractivity contribution in [2.75, 3.05) is 0 Å². The number of hydrogen-bond donors (Lipinski definition) is 0. The highest BCUT2D eigenvalue weighted by Crippen LogP contribution is 2.29. The predicted molar refractivity (Wildman–Crippen MR) is 78.3 cm³/mol. The topological polar surface area (TPSA) is 62.2 Å². The molecule has 0 N–H and O–H groups in total. The zero-order chi connectivity index (χ0) is 17.6. The summed E-state index contributed by atoms with van der Waals surface area (Å²) in [4.78, 5) is 14.3. The van der Waals surface area contributed by atoms with E-state index in [0.29, 0.717) is 18.4 Å². The first kappa shape index (κ1) is 17.8. The average Bonchev–Trinajstić information content (AvgIpc) is 2.52. The molecule has 1 aromatic heterocycles. The summed E-state index contributed by atoms with van der Waals surface area (Å²) in [6.07, 6.45) is -1.93. The Bertz CT molecular complexity index is 684. The Labute approximate surface area is 136 Å². The number of hydrogen-bond acceptors (Lipinski definition) is 4. The molecule has 0 aliphatic rings. The van der Waals surface area contributed by atoms with Crippen molar-refractivity contribution in [2.24, 2.45) is 0 Å². The molecule has 0 atom stereocenters. The first-order chi connectivity index (χ1) is 11.4. The highest BCUT2D eigenvalue weighted by atomic mass is 19.4. The third kappa shape index (κ3) is 5.26. The number of aryl methyl sites for hydroxylation is 2. The van der Waals surface area contributed by atoms with Gasteiger partial charge in [0.1, 0.15) is 5.88 Å². The average molecular weight is 338 g/mol. The van der Waals surface area contributed by atoms with Crippen LogP contribution in [0.4, 0.5) is 18.0 Å². The number of nitrogens with zero attached hydrogens (tertiary/aromatic N) is 1. The van der Waals surface area contributed by atoms with Crippen molar-refractivity contribution >= 4 is 6.16 Å². The number of carboxylic acid groups (broad SMARTS) is 1. The first-order valence-electron chi connectivity index (χ1n) is 7.35. The van der Waals surface area contributed by atoms with Gasteiger partial charge in [-0.15, -0.1) is 0 Å². The summed E-state index contributed by atoms with van der Waals surface area (Å²) in [6, 6.07) is 8.47. The Balaban J connectivity index is 1.84. The van der Waals surface area contributed by atoms with Crippen LogP contribution < -0.4 is 9.84 Å². The molecule has 128 valence electrons. The number of benzene rings is 1. The van der Waals surface area contributed by atoms with Gasteiger partial charge in [-0.2, -0.15) is 13.2 Å². The van der Waals surface area contributed by atoms with E-state index >= 15 is 0 Å². The quantitative estimate of drug-likeness (QED) is 0.598. The summed E-state index contributed by atoms with van der Waals surface area (Å²) in [5.74, 6) is 0.00651. The van der Waals surface area contributed by atoms with E-state index in [1.165, 1.54) is 18.3 Å². The maximum absolute atomic E-state index is 12.5. The first-order valence-corrected chi connectivity index (χ1v) is 7.35. The van der Waals surface area contributed by atoms with Gasteiger partial charge in [-0.25, -0.2) is 4.98 Å². The molecule has 0 spiro atoms. The second-order valence-corrected chi connectivity index (χ2v) is 5.22. The summed E-state index contributed by atoms with van der Waals surface area (Å²) in [5.41, 5.74) is 0.806. The minimum atomic E-state index is -4.33. The number of unbranched alkanes of at least 4 members (excludes halogenated alkanes) is 1. The van der Waals surface area contributed by atoms with Crippen molar-refractivity contribution in [3.8, 4) is 5.88 Å². The molecule has 24 heavy (non-hydrogen) atoms. The van der Waals surface area contributed by atoms with E-state index in [2.05, 4.69) is 9.72 Å². The minimum absolute atomic E-state index is 0.00651. The summed E-state index contributed by atoms with van der Waals surface area (Å²) in [6.45, 7) is 0. The summed E-state index contributed by atoms with van der Waals surface area (Å²) >= 11 is 0. The molecule has 0 radical (unpaired) electrons. The zero-order valence-electron chi connectivity index (χ0n) is 12.7. The number of halogens is 3. The van der Waals surface area contributed by atoms with Crippen LogP contribution in [-0.4, -0.2) is 11.1 Å². The second kappa shape index (κ2) is 7.81. The van der Waals surface area contributed by atoms with Gasteiger partial charge < -0.3 is 14.6 Å². The van der Waals surface area contributed by atoms with E-state index in [1.54, 1.807) is 12.1 Å². The second-order valence-electron chi connectivity index (χ2n) is 5.22. The lowest BCUT2D eigenvalue weighted by Gasteiger charge is -2.12. The number of carbonyl (C=O) groups excluding carboxylic acids is 1. The van der Waals surface area contributed by atoms with Crippen molar-refractivity contribution in [3.05, 3.63) is 59.3 Å². The number of pyridine rings is 1. The largest absolute Gasteiger partial charge is 0.496 e. The van der Waals surface area contributed by atoms with Crippen molar-refractivity contribution in [1.82, 2.24) is 4.98 Å². The van der Waals surface area contributed by atoms with E-state index in [-0.39, 0.29) is 5.88 Å². The molecule has 2 aromatic rings. The van der Waals surface area contributed by atoms with E-state index < -0.39 is 17.9 Å². The molecule has 0 unspecified atom stereocenters. The predicted octanol–water partition coefficient (Wildman–Crippen LogP) is 3.39. The lowest BCUT2D eigenvalue weighted by Crippen LogP contribution is -2.27. The fraction of sp³-hybridized carbons (Fsp3) is 0.294. The smallest absolute Gasteiger partial charge is 0.416 e. The number of carbonyl (C=O) groups is 1. The Hall–Kier alpha value is -2.57. The lowest BCUT2D eigenvalue weighted by atomic mass is 10.0. The fourth-order valence-electron chi connectivity index (χ4n) is 2.29. The van der Waals surface area contributed by atoms with Gasteiger partial charge in [0.15, 0.2) is 0 Å². The molecule has 4 nitrogen and oxygen atoms in total. The Morgan fingerprint density at radius 3 is 2.38 bits per heavy atom. The molecule has 0 saturated carbocycles. The SMILES string of the molecule is O=C([O-])Oc1ncccc1CCCCc1ccc(C(F)(F)F)cc1. The normalized spacial score (nSPS) is 11.3. The monoisotopic (exact) mass is 338 g/mol. The molecule has 2 rings (SSSR count). The van der Waals surface area contributed by atoms with Crippen molar-refractivity contribution in [1.29, 1.82) is 0 Å². The van der Waals surface area contributed by atoms with Gasteiger partial charge in [0.2, 0.25) is 0 Å². The van der Waals surface area contributed by atoms with Crippen molar-refractivity contribution in [3.63, 3.8) is 0 Å². The van der Waals surface area contributed by atoms with Crippen LogP contribution in [0.1, 0.15) is 29.5 Å². The lowest BCUT2D eigenvalue weighted by molar-refractivity contribution is -0.271. The van der Waals surface area contributed by atoms with Gasteiger partial charge >= 0.3 is 6.18 Å². The molecule has 0 amide bonds. The molecule has 1 heterocycles. The van der Waals surface area contributed by atoms with Crippen LogP contribution in [0, 0.1) is 0 Å². The van der Waals surface area contributed by atoms with Crippen LogP contribution >= 0.6 is 0 Å². The van der Waals surface area contributed by atoms with E-state index in [9.17, 15) is 23.1 Å². The van der Waals surface area contributed by atoms with Crippen molar-refractivity contribution in [2.45, 2.75) is 31.9 Å². The highest BCUT2D eigenvalue weighted by molar-refractivity contribution is 5.58. The summed E-state index contributed by atoms with van der Waals surface area (Å²) in [7, 11) is 0. The van der Waals surface area contributed by atoms with Crippen LogP contribution in [0.2, 0.25) is 0 Å². The van der Waals surface area contributed by atoms with Gasteiger partial charge in [-0.3, -0.25) is 0 Å². The molecule has 0 fully saturated rings. The van der Waals surface area contributed by atoms with Crippen LogP contribution in [0.25, 0.3) is 0 Å². The van der Waals surface area contributed by atoms with Crippen LogP contribution in [0.15, 0.2) is 42.6 Å². The third-order valence-corrected chi connectivity index (χ3v) is 3.47. The van der Waals surface area contributed by atoms with Gasteiger partial charge in [0.25, 0.3) is 6.16 Å². The van der Waals surface area contributed by atoms with Gasteiger partial charge in [0.05, 0.1) is 5.56 Å². The van der Waals surface area contributed by atoms with Crippen molar-refractivity contribution < 1.29 is 27.8 Å². The molecular weight excluding hydrogens is 323 g/mol. The Morgan fingerprint density at radius 2 is 1.75 bits per heavy atom. The maximum Gasteiger partial charge on any atom is 0.416 e. The standard InChI is InChI=1S/C17H16F3NO3/c18-17(19,20)14-9-7-12(8-10-14)4-1-2-5-13-6-3-11-21-15(13)24-16(22)23/h3,6-11H,1-2,4-5H2,(H,22,23)/p-1. The van der Waals surface area contributed by atoms with Crippen LogP contribution in [0.5, 0.6) is 5.88 Å². The molecule has 7 heteroatoms. The van der Waals surface area contributed by atoms with E-state index in [0.717, 1.165) is 30.5 Å². The molecule has 0 bridgehead atoms. The van der Waals surface area contributed by atoms with E-state index in [1.807, 2.05) is 0 Å². The number of alkyl halides is 3.